The Balaban J connectivity index is 5.28. The summed E-state index contributed by atoms with van der Waals surface area (Å²) < 4.78 is 25.7. The SMILES string of the molecule is COC(=O)[C@H](C)NC(=O)[C@](C)(NC(=O)CCC[PH](=O)OC)NC(=O)OC(C)(C)C. The van der Waals surface area contributed by atoms with E-state index in [9.17, 15) is 23.7 Å². The lowest BCUT2D eigenvalue weighted by Crippen LogP contribution is -2.68. The van der Waals surface area contributed by atoms with Crippen LogP contribution in [0.25, 0.3) is 0 Å². The standard InChI is InChI=1S/C17H32N3O8P/c1-11(13(22)26-6)18-14(23)17(5,20-15(24)28-16(2,3)4)19-12(21)9-8-10-29(25)27-7/h11,29H,8-10H2,1-7H3,(H,18,23)(H,19,21)(H,20,24)/t11-,17+/m0/s1. The highest BCUT2D eigenvalue weighted by Crippen LogP contribution is 2.21. The van der Waals surface area contributed by atoms with Gasteiger partial charge in [-0.1, -0.05) is 0 Å². The van der Waals surface area contributed by atoms with Crippen molar-refractivity contribution in [2.45, 2.75) is 64.8 Å². The van der Waals surface area contributed by atoms with Gasteiger partial charge in [-0.15, -0.1) is 0 Å². The summed E-state index contributed by atoms with van der Waals surface area (Å²) >= 11 is 0. The zero-order valence-corrected chi connectivity index (χ0v) is 19.0. The van der Waals surface area contributed by atoms with Crippen LogP contribution in [0.1, 0.15) is 47.5 Å². The Kier molecular flexibility index (Phi) is 10.9. The predicted octanol–water partition coefficient (Wildman–Crippen LogP) is 0.922. The smallest absolute Gasteiger partial charge is 0.409 e. The maximum Gasteiger partial charge on any atom is 0.409 e. The Hall–Kier alpha value is -2.13. The Morgan fingerprint density at radius 3 is 2.10 bits per heavy atom. The van der Waals surface area contributed by atoms with E-state index in [1.165, 1.54) is 21.0 Å². The van der Waals surface area contributed by atoms with Crippen molar-refractivity contribution in [3.05, 3.63) is 0 Å². The minimum absolute atomic E-state index is 0.0504. The fraction of sp³-hybridized carbons (Fsp3) is 0.765. The van der Waals surface area contributed by atoms with Gasteiger partial charge in [0.1, 0.15) is 11.6 Å². The monoisotopic (exact) mass is 437 g/mol. The average molecular weight is 437 g/mol. The molecule has 0 heterocycles. The third-order valence-electron chi connectivity index (χ3n) is 3.51. The molecule has 0 radical (unpaired) electrons. The molecule has 0 aromatic rings. The first kappa shape index (κ1) is 26.9. The van der Waals surface area contributed by atoms with Gasteiger partial charge in [0.25, 0.3) is 5.91 Å². The van der Waals surface area contributed by atoms with E-state index in [2.05, 4.69) is 25.2 Å². The van der Waals surface area contributed by atoms with Crippen molar-refractivity contribution in [3.8, 4) is 0 Å². The van der Waals surface area contributed by atoms with E-state index in [1.807, 2.05) is 0 Å². The van der Waals surface area contributed by atoms with Gasteiger partial charge in [-0.25, -0.2) is 9.59 Å². The number of carbonyl (C=O) groups excluding carboxylic acids is 4. The molecule has 0 aromatic carbocycles. The van der Waals surface area contributed by atoms with Gasteiger partial charge in [-0.2, -0.15) is 0 Å². The Bertz CT molecular complexity index is 635. The van der Waals surface area contributed by atoms with Crippen LogP contribution < -0.4 is 16.0 Å². The summed E-state index contributed by atoms with van der Waals surface area (Å²) in [6.45, 7) is 7.56. The lowest BCUT2D eigenvalue weighted by molar-refractivity contribution is -0.145. The average Bonchev–Trinajstić information content (AvgIpc) is 2.58. The number of nitrogens with one attached hydrogen (secondary N) is 3. The van der Waals surface area contributed by atoms with Gasteiger partial charge in [-0.05, 0) is 41.0 Å². The number of hydrogen-bond donors (Lipinski definition) is 3. The number of alkyl carbamates (subject to hydrolysis) is 1. The van der Waals surface area contributed by atoms with Crippen molar-refractivity contribution in [2.24, 2.45) is 0 Å². The molecule has 0 aliphatic heterocycles. The van der Waals surface area contributed by atoms with Crippen LogP contribution >= 0.6 is 8.03 Å². The van der Waals surface area contributed by atoms with Crippen LogP contribution in [-0.2, 0) is 32.9 Å². The van der Waals surface area contributed by atoms with Crippen LogP contribution in [0.5, 0.6) is 0 Å². The third kappa shape index (κ3) is 10.8. The predicted molar refractivity (Wildman–Crippen MR) is 106 cm³/mol. The van der Waals surface area contributed by atoms with Crippen LogP contribution in [0, 0.1) is 0 Å². The Morgan fingerprint density at radius 1 is 1.03 bits per heavy atom. The molecule has 1 unspecified atom stereocenters. The maximum absolute atomic E-state index is 12.7. The molecule has 168 valence electrons. The molecule has 0 aliphatic carbocycles. The van der Waals surface area contributed by atoms with Gasteiger partial charge < -0.3 is 24.6 Å². The van der Waals surface area contributed by atoms with Crippen LogP contribution in [0.15, 0.2) is 0 Å². The lowest BCUT2D eigenvalue weighted by Gasteiger charge is -2.32. The fourth-order valence-corrected chi connectivity index (χ4v) is 2.74. The molecule has 3 atom stereocenters. The summed E-state index contributed by atoms with van der Waals surface area (Å²) in [4.78, 5) is 48.7. The highest BCUT2D eigenvalue weighted by Gasteiger charge is 2.39. The van der Waals surface area contributed by atoms with Gasteiger partial charge in [0.15, 0.2) is 13.7 Å². The minimum atomic E-state index is -2.20. The molecule has 0 aliphatic rings. The number of hydrogen-bond acceptors (Lipinski definition) is 8. The van der Waals surface area contributed by atoms with Gasteiger partial charge in [0, 0.05) is 19.7 Å². The van der Waals surface area contributed by atoms with Crippen LogP contribution in [0.4, 0.5) is 4.79 Å². The van der Waals surface area contributed by atoms with Crippen molar-refractivity contribution in [1.82, 2.24) is 16.0 Å². The lowest BCUT2D eigenvalue weighted by atomic mass is 10.1. The van der Waals surface area contributed by atoms with E-state index in [0.717, 1.165) is 7.11 Å². The van der Waals surface area contributed by atoms with Gasteiger partial charge >= 0.3 is 12.1 Å². The molecule has 3 amide bonds. The maximum atomic E-state index is 12.7. The highest BCUT2D eigenvalue weighted by atomic mass is 31.1. The van der Waals surface area contributed by atoms with E-state index in [-0.39, 0.29) is 19.0 Å². The van der Waals surface area contributed by atoms with Crippen LogP contribution in [0.2, 0.25) is 0 Å². The van der Waals surface area contributed by atoms with Crippen molar-refractivity contribution in [2.75, 3.05) is 20.4 Å². The van der Waals surface area contributed by atoms with Crippen molar-refractivity contribution in [1.29, 1.82) is 0 Å². The second-order valence-electron chi connectivity index (χ2n) is 7.45. The third-order valence-corrected chi connectivity index (χ3v) is 4.73. The molecule has 11 nitrogen and oxygen atoms in total. The number of esters is 1. The number of methoxy groups -OCH3 is 1. The quantitative estimate of drug-likeness (QED) is 0.259. The molecule has 3 N–H and O–H groups in total. The molecule has 29 heavy (non-hydrogen) atoms. The van der Waals surface area contributed by atoms with E-state index >= 15 is 0 Å². The fourth-order valence-electron chi connectivity index (χ4n) is 2.07. The second kappa shape index (κ2) is 11.8. The molecule has 0 spiro atoms. The minimum Gasteiger partial charge on any atom is -0.467 e. The molecule has 0 bridgehead atoms. The Labute approximate surface area is 171 Å². The summed E-state index contributed by atoms with van der Waals surface area (Å²) in [5.41, 5.74) is -2.74. The highest BCUT2D eigenvalue weighted by molar-refractivity contribution is 7.39. The number of ether oxygens (including phenoxy) is 2. The summed E-state index contributed by atoms with van der Waals surface area (Å²) in [6, 6.07) is -1.02. The second-order valence-corrected chi connectivity index (χ2v) is 9.10. The molecule has 0 rings (SSSR count). The zero-order valence-electron chi connectivity index (χ0n) is 18.0. The molecule has 0 saturated heterocycles. The van der Waals surface area contributed by atoms with Crippen LogP contribution in [-0.4, -0.2) is 61.6 Å². The molecule has 0 aromatic heterocycles. The van der Waals surface area contributed by atoms with Gasteiger partial charge in [-0.3, -0.25) is 19.5 Å². The van der Waals surface area contributed by atoms with Crippen molar-refractivity contribution >= 4 is 31.9 Å². The summed E-state index contributed by atoms with van der Waals surface area (Å²) in [5, 5.41) is 7.10. The number of rotatable bonds is 10. The van der Waals surface area contributed by atoms with Crippen LogP contribution in [0.3, 0.4) is 0 Å². The first-order valence-electron chi connectivity index (χ1n) is 9.02. The largest absolute Gasteiger partial charge is 0.467 e. The molecule has 0 saturated carbocycles. The Morgan fingerprint density at radius 2 is 1.62 bits per heavy atom. The summed E-state index contributed by atoms with van der Waals surface area (Å²) in [5.74, 6) is -2.12. The first-order chi connectivity index (χ1) is 13.2. The summed E-state index contributed by atoms with van der Waals surface area (Å²) in [7, 11) is 0.278. The molecule has 12 heteroatoms. The molecule has 0 fully saturated rings. The van der Waals surface area contributed by atoms with E-state index in [4.69, 9.17) is 4.74 Å². The molecular weight excluding hydrogens is 405 g/mol. The topological polar surface area (TPSA) is 149 Å². The van der Waals surface area contributed by atoms with Gasteiger partial charge in [0.2, 0.25) is 5.91 Å². The van der Waals surface area contributed by atoms with Crippen molar-refractivity contribution < 1.29 is 37.7 Å². The van der Waals surface area contributed by atoms with Gasteiger partial charge in [0.05, 0.1) is 7.11 Å². The van der Waals surface area contributed by atoms with E-state index in [0.29, 0.717) is 0 Å². The normalized spacial score (nSPS) is 15.3. The first-order valence-corrected chi connectivity index (χ1v) is 10.5. The summed E-state index contributed by atoms with van der Waals surface area (Å²) in [6.07, 6.45) is -0.521. The molecular formula is C17H32N3O8P. The number of carbonyl (C=O) groups is 4. The van der Waals surface area contributed by atoms with Crippen molar-refractivity contribution in [3.63, 3.8) is 0 Å². The van der Waals surface area contributed by atoms with E-state index < -0.39 is 49.2 Å². The zero-order chi connectivity index (χ0) is 22.8. The van der Waals surface area contributed by atoms with E-state index in [1.54, 1.807) is 20.8 Å². The number of amides is 3.